The Balaban J connectivity index is 1.92. The maximum absolute atomic E-state index is 5.21. The molecule has 0 bridgehead atoms. The third kappa shape index (κ3) is 4.20. The van der Waals surface area contributed by atoms with E-state index in [0.717, 1.165) is 29.4 Å². The van der Waals surface area contributed by atoms with Crippen LogP contribution in [0.5, 0.6) is 0 Å². The van der Waals surface area contributed by atoms with Crippen LogP contribution in [0.1, 0.15) is 42.9 Å². The summed E-state index contributed by atoms with van der Waals surface area (Å²) < 4.78 is 1.09. The minimum Gasteiger partial charge on any atom is -0.399 e. The number of benzene rings is 3. The van der Waals surface area contributed by atoms with Crippen molar-refractivity contribution >= 4 is 50.1 Å². The summed E-state index contributed by atoms with van der Waals surface area (Å²) in [7, 11) is 1.63. The zero-order valence-corrected chi connectivity index (χ0v) is 18.4. The van der Waals surface area contributed by atoms with Gasteiger partial charge in [-0.3, -0.25) is 0 Å². The van der Waals surface area contributed by atoms with Crippen LogP contribution >= 0.6 is 15.9 Å². The van der Waals surface area contributed by atoms with Gasteiger partial charge in [0.2, 0.25) is 0 Å². The van der Waals surface area contributed by atoms with Crippen LogP contribution in [-0.4, -0.2) is 12.8 Å². The van der Waals surface area contributed by atoms with Gasteiger partial charge in [-0.1, -0.05) is 87.3 Å². The Bertz CT molecular complexity index is 1120. The van der Waals surface area contributed by atoms with E-state index in [9.17, 15) is 0 Å². The largest absolute Gasteiger partial charge is 0.399 e. The molecule has 0 N–H and O–H groups in total. The molecule has 2 nitrogen and oxygen atoms in total. The van der Waals surface area contributed by atoms with Crippen LogP contribution in [0.3, 0.4) is 0 Å². The van der Waals surface area contributed by atoms with Gasteiger partial charge in [0, 0.05) is 10.0 Å². The number of oxime groups is 1. The number of hydrogen-bond donors (Lipinski definition) is 0. The molecule has 0 heterocycles. The van der Waals surface area contributed by atoms with Crippen molar-refractivity contribution in [2.75, 3.05) is 7.11 Å². The molecular formula is C26H24BrNO. The van der Waals surface area contributed by atoms with Gasteiger partial charge in [0.1, 0.15) is 7.11 Å². The van der Waals surface area contributed by atoms with E-state index in [1.807, 2.05) is 0 Å². The van der Waals surface area contributed by atoms with Gasteiger partial charge < -0.3 is 4.84 Å². The Morgan fingerprint density at radius 3 is 2.52 bits per heavy atom. The number of allylic oxidation sites excluding steroid dienone is 2. The highest BCUT2D eigenvalue weighted by molar-refractivity contribution is 9.10. The second-order valence-electron chi connectivity index (χ2n) is 7.37. The van der Waals surface area contributed by atoms with Crippen molar-refractivity contribution < 1.29 is 4.84 Å². The van der Waals surface area contributed by atoms with Crippen LogP contribution in [0.15, 0.2) is 75.9 Å². The third-order valence-electron chi connectivity index (χ3n) is 5.42. The summed E-state index contributed by atoms with van der Waals surface area (Å²) in [5.74, 6) is 0. The van der Waals surface area contributed by atoms with Gasteiger partial charge in [0.25, 0.3) is 0 Å². The normalized spacial score (nSPS) is 16.2. The summed E-state index contributed by atoms with van der Waals surface area (Å²) in [5, 5.41) is 6.89. The quantitative estimate of drug-likeness (QED) is 0.297. The molecule has 3 aromatic carbocycles. The first kappa shape index (κ1) is 19.7. The maximum Gasteiger partial charge on any atom is 0.106 e. The van der Waals surface area contributed by atoms with E-state index in [1.54, 1.807) is 7.11 Å². The highest BCUT2D eigenvalue weighted by Gasteiger charge is 2.22. The first-order valence-corrected chi connectivity index (χ1v) is 10.7. The number of halogens is 1. The highest BCUT2D eigenvalue weighted by atomic mass is 79.9. The lowest BCUT2D eigenvalue weighted by Crippen LogP contribution is -2.12. The molecule has 0 unspecified atom stereocenters. The van der Waals surface area contributed by atoms with E-state index in [4.69, 9.17) is 4.84 Å². The van der Waals surface area contributed by atoms with Gasteiger partial charge in [-0.25, -0.2) is 0 Å². The van der Waals surface area contributed by atoms with Gasteiger partial charge in [0.05, 0.1) is 5.71 Å². The van der Waals surface area contributed by atoms with Crippen LogP contribution in [0.4, 0.5) is 0 Å². The predicted molar refractivity (Wildman–Crippen MR) is 128 cm³/mol. The van der Waals surface area contributed by atoms with E-state index in [2.05, 4.69) is 101 Å². The predicted octanol–water partition coefficient (Wildman–Crippen LogP) is 7.73. The molecule has 0 spiro atoms. The Morgan fingerprint density at radius 2 is 1.72 bits per heavy atom. The Labute approximate surface area is 180 Å². The smallest absolute Gasteiger partial charge is 0.106 e. The van der Waals surface area contributed by atoms with Crippen LogP contribution in [0.25, 0.3) is 28.5 Å². The molecule has 0 atom stereocenters. The summed E-state index contributed by atoms with van der Waals surface area (Å²) >= 11 is 3.50. The lowest BCUT2D eigenvalue weighted by atomic mass is 9.82. The molecule has 0 fully saturated rings. The summed E-state index contributed by atoms with van der Waals surface area (Å²) in [6.45, 7) is 2.23. The van der Waals surface area contributed by atoms with Crippen molar-refractivity contribution in [3.05, 3.63) is 87.4 Å². The van der Waals surface area contributed by atoms with E-state index in [0.29, 0.717) is 0 Å². The summed E-state index contributed by atoms with van der Waals surface area (Å²) in [6.07, 6.45) is 7.54. The number of nitrogens with zero attached hydrogens (tertiary/aromatic N) is 1. The Kier molecular flexibility index (Phi) is 5.96. The Morgan fingerprint density at radius 1 is 0.931 bits per heavy atom. The lowest BCUT2D eigenvalue weighted by Gasteiger charge is -2.23. The topological polar surface area (TPSA) is 21.6 Å². The lowest BCUT2D eigenvalue weighted by molar-refractivity contribution is 0.213. The van der Waals surface area contributed by atoms with Crippen molar-refractivity contribution in [3.8, 4) is 0 Å². The molecule has 0 aliphatic heterocycles. The fourth-order valence-corrected chi connectivity index (χ4v) is 4.31. The number of fused-ring (bicyclic) bond motifs is 1. The SMILES string of the molecule is CON=C1CCCC(C)=C1c1c(C=Cc2ccc(Br)cc2)ccc2ccccc12. The van der Waals surface area contributed by atoms with Crippen molar-refractivity contribution in [2.24, 2.45) is 5.16 Å². The molecule has 3 aromatic rings. The Hall–Kier alpha value is -2.65. The molecule has 0 saturated heterocycles. The molecule has 29 heavy (non-hydrogen) atoms. The minimum atomic E-state index is 0.944. The van der Waals surface area contributed by atoms with E-state index < -0.39 is 0 Å². The maximum atomic E-state index is 5.21. The molecule has 1 aliphatic carbocycles. The van der Waals surface area contributed by atoms with E-state index in [1.165, 1.54) is 38.6 Å². The molecule has 0 amide bonds. The average Bonchev–Trinajstić information content (AvgIpc) is 2.74. The van der Waals surface area contributed by atoms with Gasteiger partial charge in [0.15, 0.2) is 0 Å². The van der Waals surface area contributed by atoms with Crippen LogP contribution < -0.4 is 0 Å². The second kappa shape index (κ2) is 8.79. The molecule has 1 aliphatic rings. The summed E-state index contributed by atoms with van der Waals surface area (Å²) in [6, 6.07) is 21.4. The first-order valence-electron chi connectivity index (χ1n) is 9.93. The monoisotopic (exact) mass is 445 g/mol. The number of hydrogen-bond acceptors (Lipinski definition) is 2. The van der Waals surface area contributed by atoms with Crippen LogP contribution in [-0.2, 0) is 4.84 Å². The number of rotatable bonds is 4. The minimum absolute atomic E-state index is 0.944. The van der Waals surface area contributed by atoms with Gasteiger partial charge >= 0.3 is 0 Å². The van der Waals surface area contributed by atoms with E-state index >= 15 is 0 Å². The van der Waals surface area contributed by atoms with Crippen molar-refractivity contribution in [3.63, 3.8) is 0 Å². The van der Waals surface area contributed by atoms with Gasteiger partial charge in [-0.2, -0.15) is 0 Å². The van der Waals surface area contributed by atoms with Crippen LogP contribution in [0.2, 0.25) is 0 Å². The standard InChI is InChI=1S/C26H24BrNO/c1-18-6-5-9-24(28-29-2)25(18)26-21(13-10-19-11-16-22(27)17-12-19)15-14-20-7-3-4-8-23(20)26/h3-4,7-8,10-17H,5-6,9H2,1-2H3. The van der Waals surface area contributed by atoms with Crippen molar-refractivity contribution in [2.45, 2.75) is 26.2 Å². The zero-order chi connectivity index (χ0) is 20.2. The van der Waals surface area contributed by atoms with Gasteiger partial charge in [-0.05, 0) is 65.8 Å². The fraction of sp³-hybridized carbons (Fsp3) is 0.192. The molecule has 0 radical (unpaired) electrons. The molecule has 146 valence electrons. The molecule has 4 rings (SSSR count). The molecule has 0 saturated carbocycles. The second-order valence-corrected chi connectivity index (χ2v) is 8.28. The molecular weight excluding hydrogens is 422 g/mol. The fourth-order valence-electron chi connectivity index (χ4n) is 4.04. The first-order chi connectivity index (χ1) is 14.2. The molecule has 3 heteroatoms. The van der Waals surface area contributed by atoms with Crippen molar-refractivity contribution in [1.29, 1.82) is 0 Å². The van der Waals surface area contributed by atoms with Gasteiger partial charge in [-0.15, -0.1) is 0 Å². The van der Waals surface area contributed by atoms with Crippen molar-refractivity contribution in [1.82, 2.24) is 0 Å². The third-order valence-corrected chi connectivity index (χ3v) is 5.95. The van der Waals surface area contributed by atoms with E-state index in [-0.39, 0.29) is 0 Å². The zero-order valence-electron chi connectivity index (χ0n) is 16.8. The summed E-state index contributed by atoms with van der Waals surface area (Å²) in [5.41, 5.74) is 7.29. The molecule has 0 aromatic heterocycles. The highest BCUT2D eigenvalue weighted by Crippen LogP contribution is 2.37. The average molecular weight is 446 g/mol. The van der Waals surface area contributed by atoms with Crippen LogP contribution in [0, 0.1) is 0 Å². The summed E-state index contributed by atoms with van der Waals surface area (Å²) in [4.78, 5) is 5.21.